The van der Waals surface area contributed by atoms with Crippen LogP contribution in [0, 0.1) is 11.3 Å². The van der Waals surface area contributed by atoms with Gasteiger partial charge in [-0.2, -0.15) is 5.26 Å². The summed E-state index contributed by atoms with van der Waals surface area (Å²) in [6.07, 6.45) is 1.50. The highest BCUT2D eigenvalue weighted by molar-refractivity contribution is 5.95. The summed E-state index contributed by atoms with van der Waals surface area (Å²) in [5.74, 6) is 0.0653. The number of carbonyl (C=O) groups is 1. The third-order valence-corrected chi connectivity index (χ3v) is 3.21. The van der Waals surface area contributed by atoms with Gasteiger partial charge in [0.05, 0.1) is 25.0 Å². The first-order valence-electron chi connectivity index (χ1n) is 6.83. The van der Waals surface area contributed by atoms with Crippen LogP contribution in [0.3, 0.4) is 0 Å². The molecule has 120 valence electrons. The third kappa shape index (κ3) is 3.44. The highest BCUT2D eigenvalue weighted by Crippen LogP contribution is 2.25. The Balaban J connectivity index is 2.34. The summed E-state index contributed by atoms with van der Waals surface area (Å²) in [5.41, 5.74) is 6.95. The Kier molecular flexibility index (Phi) is 5.23. The molecule has 0 atom stereocenters. The molecule has 23 heavy (non-hydrogen) atoms. The Morgan fingerprint density at radius 1 is 1.26 bits per heavy atom. The van der Waals surface area contributed by atoms with Gasteiger partial charge >= 0.3 is 5.97 Å². The highest BCUT2D eigenvalue weighted by atomic mass is 16.5. The first-order chi connectivity index (χ1) is 11.1. The number of esters is 1. The summed E-state index contributed by atoms with van der Waals surface area (Å²) in [6.45, 7) is 0.937. The molecule has 0 aliphatic heterocycles. The van der Waals surface area contributed by atoms with E-state index in [1.807, 2.05) is 6.07 Å². The van der Waals surface area contributed by atoms with Crippen molar-refractivity contribution in [1.29, 1.82) is 5.26 Å². The molecule has 1 aromatic heterocycles. The quantitative estimate of drug-likeness (QED) is 0.644. The summed E-state index contributed by atoms with van der Waals surface area (Å²) in [7, 11) is 2.86. The maximum Gasteiger partial charge on any atom is 0.357 e. The van der Waals surface area contributed by atoms with Gasteiger partial charge in [0, 0.05) is 19.0 Å². The lowest BCUT2D eigenvalue weighted by Crippen LogP contribution is -2.11. The molecule has 0 amide bonds. The van der Waals surface area contributed by atoms with E-state index < -0.39 is 5.97 Å². The number of methoxy groups -OCH3 is 2. The first kappa shape index (κ1) is 16.4. The van der Waals surface area contributed by atoms with Crippen LogP contribution in [0.4, 0.5) is 5.69 Å². The van der Waals surface area contributed by atoms with Gasteiger partial charge in [0.15, 0.2) is 5.69 Å². The van der Waals surface area contributed by atoms with E-state index in [9.17, 15) is 4.79 Å². The van der Waals surface area contributed by atoms with Crippen molar-refractivity contribution in [2.24, 2.45) is 0 Å². The number of rotatable bonds is 6. The van der Waals surface area contributed by atoms with E-state index in [4.69, 9.17) is 25.2 Å². The molecule has 0 fully saturated rings. The number of hydrogen-bond donors (Lipinski definition) is 1. The summed E-state index contributed by atoms with van der Waals surface area (Å²) in [5, 5.41) is 9.09. The predicted octanol–water partition coefficient (Wildman–Crippen LogP) is 1.74. The monoisotopic (exact) mass is 315 g/mol. The van der Waals surface area contributed by atoms with Crippen molar-refractivity contribution in [1.82, 2.24) is 4.57 Å². The second-order valence-corrected chi connectivity index (χ2v) is 4.61. The molecular weight excluding hydrogens is 298 g/mol. The Morgan fingerprint density at radius 3 is 2.52 bits per heavy atom. The lowest BCUT2D eigenvalue weighted by Gasteiger charge is -2.10. The standard InChI is InChI=1S/C16H17N3O4/c1-21-7-8-23-13-5-3-12(4-6-13)19-10-11(9-17)14(18)15(19)16(20)22-2/h3-6,10H,7-8,18H2,1-2H3. The van der Waals surface area contributed by atoms with Crippen molar-refractivity contribution in [3.8, 4) is 17.5 Å². The smallest absolute Gasteiger partial charge is 0.357 e. The molecule has 0 saturated carbocycles. The Bertz CT molecular complexity index is 729. The summed E-state index contributed by atoms with van der Waals surface area (Å²) in [4.78, 5) is 11.9. The minimum absolute atomic E-state index is 0.0970. The number of nitrogen functional groups attached to an aromatic ring is 1. The fraction of sp³-hybridized carbons (Fsp3) is 0.250. The number of nitrogens with two attached hydrogens (primary N) is 1. The van der Waals surface area contributed by atoms with Crippen molar-refractivity contribution >= 4 is 11.7 Å². The lowest BCUT2D eigenvalue weighted by molar-refractivity contribution is 0.0593. The number of anilines is 1. The largest absolute Gasteiger partial charge is 0.491 e. The van der Waals surface area contributed by atoms with Gasteiger partial charge in [0.25, 0.3) is 0 Å². The van der Waals surface area contributed by atoms with Crippen LogP contribution >= 0.6 is 0 Å². The van der Waals surface area contributed by atoms with Gasteiger partial charge in [-0.15, -0.1) is 0 Å². The van der Waals surface area contributed by atoms with Crippen LogP contribution in [0.15, 0.2) is 30.5 Å². The molecule has 7 nitrogen and oxygen atoms in total. The van der Waals surface area contributed by atoms with Crippen molar-refractivity contribution in [2.75, 3.05) is 33.2 Å². The Hall–Kier alpha value is -2.98. The van der Waals surface area contributed by atoms with E-state index in [-0.39, 0.29) is 16.9 Å². The van der Waals surface area contributed by atoms with Crippen molar-refractivity contribution in [3.63, 3.8) is 0 Å². The maximum absolute atomic E-state index is 11.9. The van der Waals surface area contributed by atoms with E-state index in [1.54, 1.807) is 31.4 Å². The second-order valence-electron chi connectivity index (χ2n) is 4.61. The second kappa shape index (κ2) is 7.33. The van der Waals surface area contributed by atoms with Gasteiger partial charge < -0.3 is 24.5 Å². The van der Waals surface area contributed by atoms with E-state index in [1.165, 1.54) is 17.9 Å². The number of carbonyl (C=O) groups excluding carboxylic acids is 1. The average molecular weight is 315 g/mol. The zero-order valence-corrected chi connectivity index (χ0v) is 12.9. The summed E-state index contributed by atoms with van der Waals surface area (Å²) < 4.78 is 16.7. The number of nitrogens with zero attached hydrogens (tertiary/aromatic N) is 2. The molecule has 0 radical (unpaired) electrons. The maximum atomic E-state index is 11.9. The molecule has 0 unspecified atom stereocenters. The molecule has 0 aliphatic rings. The minimum Gasteiger partial charge on any atom is -0.491 e. The van der Waals surface area contributed by atoms with Crippen LogP contribution in [0.25, 0.3) is 5.69 Å². The molecule has 1 heterocycles. The normalized spacial score (nSPS) is 10.1. The molecule has 7 heteroatoms. The van der Waals surface area contributed by atoms with Gasteiger partial charge in [-0.05, 0) is 24.3 Å². The van der Waals surface area contributed by atoms with Crippen LogP contribution in [0.5, 0.6) is 5.75 Å². The lowest BCUT2D eigenvalue weighted by atomic mass is 10.2. The number of hydrogen-bond acceptors (Lipinski definition) is 6. The molecule has 0 saturated heterocycles. The molecular formula is C16H17N3O4. The summed E-state index contributed by atoms with van der Waals surface area (Å²) >= 11 is 0. The van der Waals surface area contributed by atoms with E-state index in [0.29, 0.717) is 24.7 Å². The number of ether oxygens (including phenoxy) is 3. The summed E-state index contributed by atoms with van der Waals surface area (Å²) in [6, 6.07) is 8.99. The van der Waals surface area contributed by atoms with Crippen LogP contribution < -0.4 is 10.5 Å². The number of aromatic nitrogens is 1. The van der Waals surface area contributed by atoms with Crippen LogP contribution in [0.1, 0.15) is 16.1 Å². The van der Waals surface area contributed by atoms with Gasteiger partial charge in [-0.3, -0.25) is 0 Å². The molecule has 1 aromatic carbocycles. The fourth-order valence-corrected chi connectivity index (χ4v) is 2.06. The Morgan fingerprint density at radius 2 is 1.96 bits per heavy atom. The topological polar surface area (TPSA) is 99.5 Å². The van der Waals surface area contributed by atoms with Crippen LogP contribution in [0.2, 0.25) is 0 Å². The molecule has 0 aliphatic carbocycles. The van der Waals surface area contributed by atoms with Crippen LogP contribution in [-0.2, 0) is 9.47 Å². The molecule has 2 rings (SSSR count). The first-order valence-corrected chi connectivity index (χ1v) is 6.83. The van der Waals surface area contributed by atoms with Crippen molar-refractivity contribution < 1.29 is 19.0 Å². The minimum atomic E-state index is -0.607. The van der Waals surface area contributed by atoms with Gasteiger partial charge in [0.2, 0.25) is 0 Å². The molecule has 2 aromatic rings. The van der Waals surface area contributed by atoms with E-state index in [0.717, 1.165) is 0 Å². The van der Waals surface area contributed by atoms with Gasteiger partial charge in [-0.25, -0.2) is 4.79 Å². The zero-order valence-electron chi connectivity index (χ0n) is 12.9. The number of nitriles is 1. The Labute approximate surface area is 133 Å². The third-order valence-electron chi connectivity index (χ3n) is 3.21. The molecule has 0 bridgehead atoms. The van der Waals surface area contributed by atoms with Gasteiger partial charge in [-0.1, -0.05) is 0 Å². The van der Waals surface area contributed by atoms with Crippen molar-refractivity contribution in [3.05, 3.63) is 41.7 Å². The molecule has 0 spiro atoms. The van der Waals surface area contributed by atoms with Crippen LogP contribution in [-0.4, -0.2) is 38.0 Å². The highest BCUT2D eigenvalue weighted by Gasteiger charge is 2.21. The van der Waals surface area contributed by atoms with Gasteiger partial charge in [0.1, 0.15) is 18.4 Å². The van der Waals surface area contributed by atoms with E-state index >= 15 is 0 Å². The van der Waals surface area contributed by atoms with Crippen molar-refractivity contribution in [2.45, 2.75) is 0 Å². The SMILES string of the molecule is COCCOc1ccc(-n2cc(C#N)c(N)c2C(=O)OC)cc1. The van der Waals surface area contributed by atoms with E-state index in [2.05, 4.69) is 0 Å². The fourth-order valence-electron chi connectivity index (χ4n) is 2.06. The zero-order chi connectivity index (χ0) is 16.8. The average Bonchev–Trinajstić information content (AvgIpc) is 2.91. The number of benzene rings is 1. The predicted molar refractivity (Wildman–Crippen MR) is 83.6 cm³/mol. The molecule has 2 N–H and O–H groups in total.